The Morgan fingerprint density at radius 3 is 2.33 bits per heavy atom. The van der Waals surface area contributed by atoms with Gasteiger partial charge in [0, 0.05) is 23.2 Å². The molecular weight excluding hydrogens is 468 g/mol. The topological polar surface area (TPSA) is 70.4 Å². The molecule has 1 fully saturated rings. The van der Waals surface area contributed by atoms with Gasteiger partial charge in [-0.2, -0.15) is 5.26 Å². The third-order valence-electron chi connectivity index (χ3n) is 6.62. The van der Waals surface area contributed by atoms with E-state index in [0.717, 1.165) is 34.6 Å². The van der Waals surface area contributed by atoms with Crippen LogP contribution in [0.15, 0.2) is 83.8 Å². The first-order valence-electron chi connectivity index (χ1n) is 12.2. The van der Waals surface area contributed by atoms with Crippen LogP contribution in [0.3, 0.4) is 0 Å². The summed E-state index contributed by atoms with van der Waals surface area (Å²) < 4.78 is 4.83. The summed E-state index contributed by atoms with van der Waals surface area (Å²) in [6.07, 6.45) is 2.63. The zero-order valence-electron chi connectivity index (χ0n) is 20.4. The van der Waals surface area contributed by atoms with E-state index >= 15 is 0 Å². The van der Waals surface area contributed by atoms with E-state index in [0.29, 0.717) is 18.5 Å². The molecule has 6 heteroatoms. The molecule has 2 atom stereocenters. The number of amides is 1. The maximum atomic E-state index is 13.2. The fraction of sp³-hybridized carbons (Fsp3) is 0.300. The molecule has 0 bridgehead atoms. The van der Waals surface area contributed by atoms with Gasteiger partial charge in [0.15, 0.2) is 0 Å². The SMILES string of the molecule is COC(=O)C[C@@H]1C[C@@H](CSc2ccc(-c3ccc(C#N)cc3)cc2)N(CCCc2ccccc2)C1=O. The molecule has 0 radical (unpaired) electrons. The van der Waals surface area contributed by atoms with Crippen LogP contribution >= 0.6 is 11.8 Å². The highest BCUT2D eigenvalue weighted by Crippen LogP contribution is 2.33. The molecule has 1 aliphatic heterocycles. The molecule has 0 aromatic heterocycles. The number of rotatable bonds is 10. The average molecular weight is 499 g/mol. The Balaban J connectivity index is 1.38. The van der Waals surface area contributed by atoms with Gasteiger partial charge in [0.1, 0.15) is 0 Å². The predicted molar refractivity (Wildman–Crippen MR) is 142 cm³/mol. The van der Waals surface area contributed by atoms with E-state index < -0.39 is 0 Å². The van der Waals surface area contributed by atoms with Crippen LogP contribution in [0.5, 0.6) is 0 Å². The number of carbonyl (C=O) groups is 2. The molecule has 4 rings (SSSR count). The molecule has 1 aliphatic rings. The van der Waals surface area contributed by atoms with E-state index in [-0.39, 0.29) is 30.3 Å². The van der Waals surface area contributed by atoms with Crippen molar-refractivity contribution in [2.24, 2.45) is 5.92 Å². The van der Waals surface area contributed by atoms with Crippen LogP contribution in [0.25, 0.3) is 11.1 Å². The van der Waals surface area contributed by atoms with Gasteiger partial charge in [0.25, 0.3) is 0 Å². The number of methoxy groups -OCH3 is 1. The summed E-state index contributed by atoms with van der Waals surface area (Å²) in [5, 5.41) is 8.99. The Kier molecular flexibility index (Phi) is 8.80. The standard InChI is InChI=1S/C30H30N2O3S/c1-35-29(33)19-26-18-27(32(30(26)34)17-5-8-22-6-3-2-4-7-22)21-36-28-15-13-25(14-16-28)24-11-9-23(20-31)10-12-24/h2-4,6-7,9-16,26-27H,5,8,17-19,21H2,1H3/t26-,27-/m0/s1. The lowest BCUT2D eigenvalue weighted by molar-refractivity contribution is -0.144. The zero-order valence-corrected chi connectivity index (χ0v) is 21.2. The number of nitriles is 1. The van der Waals surface area contributed by atoms with Gasteiger partial charge in [0.2, 0.25) is 5.91 Å². The first-order valence-corrected chi connectivity index (χ1v) is 13.2. The van der Waals surface area contributed by atoms with Crippen molar-refractivity contribution in [2.75, 3.05) is 19.4 Å². The Bertz CT molecular complexity index is 1200. The third-order valence-corrected chi connectivity index (χ3v) is 7.78. The average Bonchev–Trinajstić information content (AvgIpc) is 3.22. The molecule has 0 aliphatic carbocycles. The lowest BCUT2D eigenvalue weighted by Crippen LogP contribution is -2.36. The van der Waals surface area contributed by atoms with Gasteiger partial charge in [-0.05, 0) is 60.2 Å². The van der Waals surface area contributed by atoms with E-state index in [1.165, 1.54) is 12.7 Å². The van der Waals surface area contributed by atoms with Gasteiger partial charge in [0.05, 0.1) is 31.1 Å². The molecule has 1 heterocycles. The molecule has 0 unspecified atom stereocenters. The van der Waals surface area contributed by atoms with Crippen molar-refractivity contribution in [2.45, 2.75) is 36.6 Å². The number of esters is 1. The van der Waals surface area contributed by atoms with E-state index in [1.54, 1.807) is 11.8 Å². The number of likely N-dealkylation sites (tertiary alicyclic amines) is 1. The maximum Gasteiger partial charge on any atom is 0.306 e. The van der Waals surface area contributed by atoms with Crippen molar-refractivity contribution in [3.05, 3.63) is 90.0 Å². The number of benzene rings is 3. The van der Waals surface area contributed by atoms with E-state index in [4.69, 9.17) is 10.00 Å². The van der Waals surface area contributed by atoms with Crippen molar-refractivity contribution in [1.29, 1.82) is 5.26 Å². The molecule has 0 saturated carbocycles. The number of aryl methyl sites for hydroxylation is 1. The van der Waals surface area contributed by atoms with Crippen LogP contribution in [-0.2, 0) is 20.7 Å². The zero-order chi connectivity index (χ0) is 25.3. The van der Waals surface area contributed by atoms with Crippen molar-refractivity contribution in [3.8, 4) is 17.2 Å². The summed E-state index contributed by atoms with van der Waals surface area (Å²) in [7, 11) is 1.37. The van der Waals surface area contributed by atoms with E-state index in [9.17, 15) is 9.59 Å². The fourth-order valence-corrected chi connectivity index (χ4v) is 5.68. The van der Waals surface area contributed by atoms with Crippen molar-refractivity contribution < 1.29 is 14.3 Å². The maximum absolute atomic E-state index is 13.2. The number of carbonyl (C=O) groups excluding carboxylic acids is 2. The molecule has 5 nitrogen and oxygen atoms in total. The molecule has 1 saturated heterocycles. The largest absolute Gasteiger partial charge is 0.469 e. The highest BCUT2D eigenvalue weighted by Gasteiger charge is 2.40. The molecule has 36 heavy (non-hydrogen) atoms. The minimum Gasteiger partial charge on any atom is -0.469 e. The highest BCUT2D eigenvalue weighted by molar-refractivity contribution is 7.99. The Hall–Kier alpha value is -3.56. The smallest absolute Gasteiger partial charge is 0.306 e. The number of nitrogens with zero attached hydrogens (tertiary/aromatic N) is 2. The van der Waals surface area contributed by atoms with Gasteiger partial charge >= 0.3 is 5.97 Å². The van der Waals surface area contributed by atoms with Crippen LogP contribution in [0.1, 0.15) is 30.4 Å². The minimum atomic E-state index is -0.329. The van der Waals surface area contributed by atoms with Crippen molar-refractivity contribution in [1.82, 2.24) is 4.90 Å². The number of thioether (sulfide) groups is 1. The molecular formula is C30H30N2O3S. The second kappa shape index (κ2) is 12.4. The van der Waals surface area contributed by atoms with Crippen LogP contribution in [0.2, 0.25) is 0 Å². The summed E-state index contributed by atoms with van der Waals surface area (Å²) in [6, 6.07) is 28.5. The Morgan fingerprint density at radius 2 is 1.69 bits per heavy atom. The molecule has 1 amide bonds. The van der Waals surface area contributed by atoms with Crippen LogP contribution in [-0.4, -0.2) is 42.2 Å². The summed E-state index contributed by atoms with van der Waals surface area (Å²) in [5.41, 5.74) is 4.09. The molecule has 0 spiro atoms. The van der Waals surface area contributed by atoms with Crippen molar-refractivity contribution >= 4 is 23.6 Å². The van der Waals surface area contributed by atoms with E-state index in [2.05, 4.69) is 42.5 Å². The molecule has 3 aromatic carbocycles. The van der Waals surface area contributed by atoms with Gasteiger partial charge < -0.3 is 9.64 Å². The molecule has 3 aromatic rings. The van der Waals surface area contributed by atoms with Gasteiger partial charge in [-0.3, -0.25) is 9.59 Å². The molecule has 184 valence electrons. The fourth-order valence-electron chi connectivity index (χ4n) is 4.65. The summed E-state index contributed by atoms with van der Waals surface area (Å²) >= 11 is 1.74. The van der Waals surface area contributed by atoms with Crippen LogP contribution in [0, 0.1) is 17.2 Å². The summed E-state index contributed by atoms with van der Waals surface area (Å²) in [6.45, 7) is 0.689. The van der Waals surface area contributed by atoms with Gasteiger partial charge in [-0.15, -0.1) is 11.8 Å². The highest BCUT2D eigenvalue weighted by atomic mass is 32.2. The lowest BCUT2D eigenvalue weighted by atomic mass is 10.0. The lowest BCUT2D eigenvalue weighted by Gasteiger charge is -2.24. The number of hydrogen-bond donors (Lipinski definition) is 0. The minimum absolute atomic E-state index is 0.0650. The second-order valence-electron chi connectivity index (χ2n) is 9.01. The van der Waals surface area contributed by atoms with Gasteiger partial charge in [-0.25, -0.2) is 0 Å². The molecule has 0 N–H and O–H groups in total. The van der Waals surface area contributed by atoms with Crippen LogP contribution in [0.4, 0.5) is 0 Å². The first kappa shape index (κ1) is 25.5. The summed E-state index contributed by atoms with van der Waals surface area (Å²) in [5.74, 6) is 0.211. The number of ether oxygens (including phenoxy) is 1. The quantitative estimate of drug-likeness (QED) is 0.264. The van der Waals surface area contributed by atoms with E-state index in [1.807, 2.05) is 47.4 Å². The van der Waals surface area contributed by atoms with Crippen LogP contribution < -0.4 is 0 Å². The monoisotopic (exact) mass is 498 g/mol. The predicted octanol–water partition coefficient (Wildman–Crippen LogP) is 5.73. The van der Waals surface area contributed by atoms with Gasteiger partial charge in [-0.1, -0.05) is 54.6 Å². The normalized spacial score (nSPS) is 17.1. The second-order valence-corrected chi connectivity index (χ2v) is 10.1. The Morgan fingerprint density at radius 1 is 1.03 bits per heavy atom. The van der Waals surface area contributed by atoms with Crippen molar-refractivity contribution in [3.63, 3.8) is 0 Å². The first-order chi connectivity index (χ1) is 17.6. The Labute approximate surface area is 217 Å². The third kappa shape index (κ3) is 6.56. The number of hydrogen-bond acceptors (Lipinski definition) is 5. The summed E-state index contributed by atoms with van der Waals surface area (Å²) in [4.78, 5) is 28.2.